The van der Waals surface area contributed by atoms with Crippen molar-refractivity contribution in [2.45, 2.75) is 20.8 Å². The molecule has 0 radical (unpaired) electrons. The van der Waals surface area contributed by atoms with Gasteiger partial charge in [-0.3, -0.25) is 0 Å². The standard InChI is InChI=1S/C20H20BrNO2/c1-4-23-19-11-16(18(21)12-20(19)24-5-2)10-17(13-22)15-8-6-14(3)7-9-15/h6-12H,4-5H2,1-3H3/b17-10-. The SMILES string of the molecule is CCOc1cc(Br)c(/C=C(/C#N)c2ccc(C)cc2)cc1OCC. The highest BCUT2D eigenvalue weighted by Crippen LogP contribution is 2.35. The summed E-state index contributed by atoms with van der Waals surface area (Å²) in [5.41, 5.74) is 3.53. The third kappa shape index (κ3) is 4.39. The monoisotopic (exact) mass is 385 g/mol. The highest BCUT2D eigenvalue weighted by molar-refractivity contribution is 9.10. The molecule has 0 aliphatic heterocycles. The van der Waals surface area contributed by atoms with Crippen molar-refractivity contribution in [3.05, 3.63) is 57.6 Å². The molecule has 0 atom stereocenters. The Hall–Kier alpha value is -2.25. The summed E-state index contributed by atoms with van der Waals surface area (Å²) in [7, 11) is 0. The molecule has 2 rings (SSSR count). The topological polar surface area (TPSA) is 42.2 Å². The minimum atomic E-state index is 0.550. The maximum absolute atomic E-state index is 9.52. The number of hydrogen-bond donors (Lipinski definition) is 0. The van der Waals surface area contributed by atoms with Crippen molar-refractivity contribution in [2.75, 3.05) is 13.2 Å². The third-order valence-corrected chi connectivity index (χ3v) is 4.13. The molecule has 0 saturated carbocycles. The van der Waals surface area contributed by atoms with Gasteiger partial charge in [0.05, 0.1) is 24.9 Å². The molecule has 0 N–H and O–H groups in total. The second kappa shape index (κ2) is 8.56. The van der Waals surface area contributed by atoms with Gasteiger partial charge < -0.3 is 9.47 Å². The van der Waals surface area contributed by atoms with Crippen LogP contribution in [-0.4, -0.2) is 13.2 Å². The van der Waals surface area contributed by atoms with Crippen molar-refractivity contribution >= 4 is 27.6 Å². The van der Waals surface area contributed by atoms with E-state index in [0.29, 0.717) is 30.3 Å². The molecule has 0 heterocycles. The molecule has 3 nitrogen and oxygen atoms in total. The van der Waals surface area contributed by atoms with Crippen molar-refractivity contribution in [2.24, 2.45) is 0 Å². The molecule has 24 heavy (non-hydrogen) atoms. The average molecular weight is 386 g/mol. The molecule has 2 aromatic carbocycles. The second-order valence-corrected chi connectivity index (χ2v) is 6.08. The van der Waals surface area contributed by atoms with E-state index in [1.807, 2.05) is 63.2 Å². The summed E-state index contributed by atoms with van der Waals surface area (Å²) in [6, 6.07) is 14.0. The van der Waals surface area contributed by atoms with Crippen molar-refractivity contribution in [1.29, 1.82) is 5.26 Å². The number of ether oxygens (including phenoxy) is 2. The van der Waals surface area contributed by atoms with Crippen LogP contribution in [0.25, 0.3) is 11.6 Å². The van der Waals surface area contributed by atoms with Crippen molar-refractivity contribution in [1.82, 2.24) is 0 Å². The number of benzene rings is 2. The van der Waals surface area contributed by atoms with Crippen LogP contribution in [0.15, 0.2) is 40.9 Å². The van der Waals surface area contributed by atoms with Crippen LogP contribution in [0.5, 0.6) is 11.5 Å². The lowest BCUT2D eigenvalue weighted by atomic mass is 10.0. The van der Waals surface area contributed by atoms with Crippen LogP contribution in [-0.2, 0) is 0 Å². The molecule has 0 amide bonds. The first-order chi connectivity index (χ1) is 11.6. The zero-order chi connectivity index (χ0) is 17.5. The Morgan fingerprint density at radius 1 is 1.08 bits per heavy atom. The highest BCUT2D eigenvalue weighted by Gasteiger charge is 2.11. The predicted molar refractivity (Wildman–Crippen MR) is 101 cm³/mol. The maximum Gasteiger partial charge on any atom is 0.162 e. The van der Waals surface area contributed by atoms with Gasteiger partial charge in [0.25, 0.3) is 0 Å². The normalized spacial score (nSPS) is 11.0. The number of hydrogen-bond acceptors (Lipinski definition) is 3. The van der Waals surface area contributed by atoms with Crippen molar-refractivity contribution < 1.29 is 9.47 Å². The zero-order valence-corrected chi connectivity index (χ0v) is 15.7. The summed E-state index contributed by atoms with van der Waals surface area (Å²) in [6.07, 6.45) is 1.85. The van der Waals surface area contributed by atoms with E-state index in [1.54, 1.807) is 0 Å². The van der Waals surface area contributed by atoms with Gasteiger partial charge >= 0.3 is 0 Å². The minimum absolute atomic E-state index is 0.550. The summed E-state index contributed by atoms with van der Waals surface area (Å²) < 4.78 is 12.1. The molecule has 0 aliphatic carbocycles. The van der Waals surface area contributed by atoms with Crippen LogP contribution >= 0.6 is 15.9 Å². The Morgan fingerprint density at radius 3 is 2.21 bits per heavy atom. The van der Waals surface area contributed by atoms with Crippen LogP contribution in [0.4, 0.5) is 0 Å². The van der Waals surface area contributed by atoms with Crippen LogP contribution in [0, 0.1) is 18.3 Å². The van der Waals surface area contributed by atoms with Crippen LogP contribution in [0.1, 0.15) is 30.5 Å². The summed E-state index contributed by atoms with van der Waals surface area (Å²) in [6.45, 7) is 7.00. The van der Waals surface area contributed by atoms with Gasteiger partial charge in [-0.1, -0.05) is 45.8 Å². The fraction of sp³-hybridized carbons (Fsp3) is 0.250. The van der Waals surface area contributed by atoms with E-state index in [9.17, 15) is 5.26 Å². The lowest BCUT2D eigenvalue weighted by molar-refractivity contribution is 0.287. The van der Waals surface area contributed by atoms with E-state index in [-0.39, 0.29) is 0 Å². The molecule has 0 unspecified atom stereocenters. The molecule has 0 bridgehead atoms. The van der Waals surface area contributed by atoms with Gasteiger partial charge in [0.15, 0.2) is 11.5 Å². The van der Waals surface area contributed by atoms with Gasteiger partial charge in [-0.15, -0.1) is 0 Å². The number of rotatable bonds is 6. The third-order valence-electron chi connectivity index (χ3n) is 3.45. The Morgan fingerprint density at radius 2 is 1.67 bits per heavy atom. The quantitative estimate of drug-likeness (QED) is 0.478. The van der Waals surface area contributed by atoms with Crippen LogP contribution < -0.4 is 9.47 Å². The summed E-state index contributed by atoms with van der Waals surface area (Å²) >= 11 is 3.55. The fourth-order valence-electron chi connectivity index (χ4n) is 2.27. The molecule has 4 heteroatoms. The number of nitriles is 1. The molecule has 0 fully saturated rings. The van der Waals surface area contributed by atoms with E-state index in [2.05, 4.69) is 22.0 Å². The molecule has 0 aromatic heterocycles. The smallest absolute Gasteiger partial charge is 0.162 e. The van der Waals surface area contributed by atoms with E-state index < -0.39 is 0 Å². The maximum atomic E-state index is 9.52. The molecule has 0 aliphatic rings. The van der Waals surface area contributed by atoms with Crippen molar-refractivity contribution in [3.8, 4) is 17.6 Å². The first-order valence-corrected chi connectivity index (χ1v) is 8.66. The Kier molecular flexibility index (Phi) is 6.45. The molecular formula is C20H20BrNO2. The van der Waals surface area contributed by atoms with E-state index in [1.165, 1.54) is 0 Å². The Balaban J connectivity index is 2.47. The van der Waals surface area contributed by atoms with Gasteiger partial charge in [0.1, 0.15) is 0 Å². The predicted octanol–water partition coefficient (Wildman–Crippen LogP) is 5.62. The molecule has 0 saturated heterocycles. The zero-order valence-electron chi connectivity index (χ0n) is 14.1. The van der Waals surface area contributed by atoms with Crippen molar-refractivity contribution in [3.63, 3.8) is 0 Å². The number of aryl methyl sites for hydroxylation is 1. The Bertz CT molecular complexity index is 773. The van der Waals surface area contributed by atoms with Gasteiger partial charge in [-0.2, -0.15) is 5.26 Å². The number of allylic oxidation sites excluding steroid dienone is 1. The summed E-state index contributed by atoms with van der Waals surface area (Å²) in [5.74, 6) is 1.37. The van der Waals surface area contributed by atoms with Gasteiger partial charge in [0.2, 0.25) is 0 Å². The molecule has 124 valence electrons. The van der Waals surface area contributed by atoms with E-state index >= 15 is 0 Å². The van der Waals surface area contributed by atoms with Gasteiger partial charge in [0, 0.05) is 4.47 Å². The lowest BCUT2D eigenvalue weighted by Crippen LogP contribution is -1.99. The van der Waals surface area contributed by atoms with Crippen LogP contribution in [0.3, 0.4) is 0 Å². The largest absolute Gasteiger partial charge is 0.490 e. The number of halogens is 1. The van der Waals surface area contributed by atoms with E-state index in [4.69, 9.17) is 9.47 Å². The van der Waals surface area contributed by atoms with E-state index in [0.717, 1.165) is 21.2 Å². The first kappa shape index (κ1) is 18.1. The Labute approximate surface area is 151 Å². The fourth-order valence-corrected chi connectivity index (χ4v) is 2.70. The average Bonchev–Trinajstić information content (AvgIpc) is 2.57. The molecule has 0 spiro atoms. The summed E-state index contributed by atoms with van der Waals surface area (Å²) in [4.78, 5) is 0. The highest BCUT2D eigenvalue weighted by atomic mass is 79.9. The first-order valence-electron chi connectivity index (χ1n) is 7.87. The van der Waals surface area contributed by atoms with Crippen LogP contribution in [0.2, 0.25) is 0 Å². The summed E-state index contributed by atoms with van der Waals surface area (Å²) in [5, 5.41) is 9.52. The second-order valence-electron chi connectivity index (χ2n) is 5.22. The van der Waals surface area contributed by atoms with Gasteiger partial charge in [-0.25, -0.2) is 0 Å². The number of nitrogens with zero attached hydrogens (tertiary/aromatic N) is 1. The van der Waals surface area contributed by atoms with Gasteiger partial charge in [-0.05, 0) is 50.1 Å². The minimum Gasteiger partial charge on any atom is -0.490 e. The lowest BCUT2D eigenvalue weighted by Gasteiger charge is -2.13. The molecule has 2 aromatic rings. The molecular weight excluding hydrogens is 366 g/mol.